The largest absolute Gasteiger partial charge is 0.399 e. The Morgan fingerprint density at radius 1 is 1.10 bits per heavy atom. The van der Waals surface area contributed by atoms with E-state index in [2.05, 4.69) is 22.0 Å². The number of hydrogen-bond acceptors (Lipinski definition) is 5. The summed E-state index contributed by atoms with van der Waals surface area (Å²) >= 11 is 0. The molecule has 21 heavy (non-hydrogen) atoms. The molecule has 0 aliphatic rings. The van der Waals surface area contributed by atoms with Crippen molar-refractivity contribution < 1.29 is 4.52 Å². The Kier molecular flexibility index (Phi) is 3.64. The van der Waals surface area contributed by atoms with Gasteiger partial charge in [0, 0.05) is 30.1 Å². The van der Waals surface area contributed by atoms with Crippen LogP contribution in [0.5, 0.6) is 0 Å². The van der Waals surface area contributed by atoms with Crippen LogP contribution in [0.4, 0.5) is 5.69 Å². The predicted molar refractivity (Wildman–Crippen MR) is 80.5 cm³/mol. The first kappa shape index (κ1) is 13.3. The molecule has 0 radical (unpaired) electrons. The maximum absolute atomic E-state index is 5.70. The lowest BCUT2D eigenvalue weighted by Crippen LogP contribution is -1.99. The third kappa shape index (κ3) is 3.08. The second kappa shape index (κ2) is 5.75. The molecular formula is C16H16N4O. The van der Waals surface area contributed by atoms with E-state index >= 15 is 0 Å². The molecule has 1 unspecified atom stereocenters. The number of pyridine rings is 1. The first-order valence-electron chi connectivity index (χ1n) is 6.81. The van der Waals surface area contributed by atoms with Gasteiger partial charge in [-0.25, -0.2) is 0 Å². The van der Waals surface area contributed by atoms with E-state index in [1.165, 1.54) is 5.56 Å². The zero-order valence-electron chi connectivity index (χ0n) is 11.7. The molecule has 0 saturated carbocycles. The summed E-state index contributed by atoms with van der Waals surface area (Å²) in [5, 5.41) is 4.01. The van der Waals surface area contributed by atoms with Gasteiger partial charge < -0.3 is 10.3 Å². The van der Waals surface area contributed by atoms with Crippen LogP contribution in [0, 0.1) is 0 Å². The van der Waals surface area contributed by atoms with Gasteiger partial charge in [-0.15, -0.1) is 0 Å². The molecule has 106 valence electrons. The highest BCUT2D eigenvalue weighted by Gasteiger charge is 2.13. The molecule has 2 aromatic heterocycles. The van der Waals surface area contributed by atoms with Gasteiger partial charge in [-0.2, -0.15) is 4.98 Å². The average Bonchev–Trinajstić information content (AvgIpc) is 2.97. The molecule has 0 aliphatic heterocycles. The zero-order chi connectivity index (χ0) is 14.7. The lowest BCUT2D eigenvalue weighted by molar-refractivity contribution is 0.372. The van der Waals surface area contributed by atoms with Crippen molar-refractivity contribution >= 4 is 5.69 Å². The van der Waals surface area contributed by atoms with Crippen LogP contribution < -0.4 is 5.73 Å². The van der Waals surface area contributed by atoms with Crippen LogP contribution in [0.15, 0.2) is 53.3 Å². The van der Waals surface area contributed by atoms with Gasteiger partial charge in [0.2, 0.25) is 11.7 Å². The van der Waals surface area contributed by atoms with E-state index in [-0.39, 0.29) is 5.92 Å². The fraction of sp³-hybridized carbons (Fsp3) is 0.188. The summed E-state index contributed by atoms with van der Waals surface area (Å²) in [5.41, 5.74) is 8.57. The van der Waals surface area contributed by atoms with Crippen LogP contribution >= 0.6 is 0 Å². The SMILES string of the molecule is CC(Cc1nc(-c2ccncc2)no1)c1ccc(N)cc1. The zero-order valence-corrected chi connectivity index (χ0v) is 11.7. The molecule has 0 bridgehead atoms. The normalized spacial score (nSPS) is 12.2. The van der Waals surface area contributed by atoms with Crippen molar-refractivity contribution in [2.24, 2.45) is 0 Å². The Hall–Kier alpha value is -2.69. The third-order valence-corrected chi connectivity index (χ3v) is 3.39. The molecule has 0 aliphatic carbocycles. The highest BCUT2D eigenvalue weighted by atomic mass is 16.5. The van der Waals surface area contributed by atoms with Crippen LogP contribution in [0.3, 0.4) is 0 Å². The van der Waals surface area contributed by atoms with E-state index < -0.39 is 0 Å². The summed E-state index contributed by atoms with van der Waals surface area (Å²) in [4.78, 5) is 8.41. The maximum Gasteiger partial charge on any atom is 0.227 e. The average molecular weight is 280 g/mol. The highest BCUT2D eigenvalue weighted by molar-refractivity contribution is 5.52. The molecule has 0 amide bonds. The van der Waals surface area contributed by atoms with Crippen molar-refractivity contribution in [1.82, 2.24) is 15.1 Å². The number of anilines is 1. The second-order valence-corrected chi connectivity index (χ2v) is 5.02. The summed E-state index contributed by atoms with van der Waals surface area (Å²) in [6, 6.07) is 11.6. The van der Waals surface area contributed by atoms with Gasteiger partial charge in [0.05, 0.1) is 0 Å². The van der Waals surface area contributed by atoms with Gasteiger partial charge in [0.25, 0.3) is 0 Å². The monoisotopic (exact) mass is 280 g/mol. The number of benzene rings is 1. The summed E-state index contributed by atoms with van der Waals surface area (Å²) in [6.45, 7) is 2.13. The lowest BCUT2D eigenvalue weighted by atomic mass is 9.98. The standard InChI is InChI=1S/C16H16N4O/c1-11(12-2-4-14(17)5-3-12)10-15-19-16(20-21-15)13-6-8-18-9-7-13/h2-9,11H,10,17H2,1H3. The first-order chi connectivity index (χ1) is 10.2. The fourth-order valence-corrected chi connectivity index (χ4v) is 2.16. The van der Waals surface area contributed by atoms with Gasteiger partial charge in [0.1, 0.15) is 0 Å². The molecule has 0 fully saturated rings. The number of nitrogens with zero attached hydrogens (tertiary/aromatic N) is 3. The number of aromatic nitrogens is 3. The van der Waals surface area contributed by atoms with Gasteiger partial charge >= 0.3 is 0 Å². The van der Waals surface area contributed by atoms with Crippen molar-refractivity contribution in [3.63, 3.8) is 0 Å². The number of hydrogen-bond donors (Lipinski definition) is 1. The molecule has 1 aromatic carbocycles. The Morgan fingerprint density at radius 3 is 2.52 bits per heavy atom. The minimum absolute atomic E-state index is 0.288. The molecule has 2 N–H and O–H groups in total. The summed E-state index contributed by atoms with van der Waals surface area (Å²) in [6.07, 6.45) is 4.12. The van der Waals surface area contributed by atoms with Crippen molar-refractivity contribution in [2.75, 3.05) is 5.73 Å². The maximum atomic E-state index is 5.70. The first-order valence-corrected chi connectivity index (χ1v) is 6.81. The Bertz CT molecular complexity index is 707. The second-order valence-electron chi connectivity index (χ2n) is 5.02. The Balaban J connectivity index is 1.74. The van der Waals surface area contributed by atoms with Crippen molar-refractivity contribution in [1.29, 1.82) is 0 Å². The quantitative estimate of drug-likeness (QED) is 0.743. The minimum Gasteiger partial charge on any atom is -0.399 e. The fourth-order valence-electron chi connectivity index (χ4n) is 2.16. The molecule has 5 nitrogen and oxygen atoms in total. The van der Waals surface area contributed by atoms with E-state index in [9.17, 15) is 0 Å². The molecule has 3 rings (SSSR count). The summed E-state index contributed by atoms with van der Waals surface area (Å²) in [7, 11) is 0. The topological polar surface area (TPSA) is 77.8 Å². The summed E-state index contributed by atoms with van der Waals surface area (Å²) in [5.74, 6) is 1.51. The number of rotatable bonds is 4. The van der Waals surface area contributed by atoms with Crippen molar-refractivity contribution in [3.05, 3.63) is 60.2 Å². The van der Waals surface area contributed by atoms with Crippen LogP contribution in [0.25, 0.3) is 11.4 Å². The van der Waals surface area contributed by atoms with Crippen LogP contribution in [0.1, 0.15) is 24.3 Å². The van der Waals surface area contributed by atoms with E-state index in [4.69, 9.17) is 10.3 Å². The third-order valence-electron chi connectivity index (χ3n) is 3.39. The van der Waals surface area contributed by atoms with E-state index in [1.54, 1.807) is 12.4 Å². The van der Waals surface area contributed by atoms with Gasteiger partial charge in [-0.1, -0.05) is 24.2 Å². The van der Waals surface area contributed by atoms with E-state index in [1.807, 2.05) is 36.4 Å². The van der Waals surface area contributed by atoms with Crippen LogP contribution in [-0.2, 0) is 6.42 Å². The van der Waals surface area contributed by atoms with Crippen molar-refractivity contribution in [2.45, 2.75) is 19.3 Å². The molecule has 3 aromatic rings. The van der Waals surface area contributed by atoms with Gasteiger partial charge in [0.15, 0.2) is 0 Å². The smallest absolute Gasteiger partial charge is 0.227 e. The molecule has 1 atom stereocenters. The van der Waals surface area contributed by atoms with E-state index in [0.29, 0.717) is 18.1 Å². The van der Waals surface area contributed by atoms with Crippen LogP contribution in [-0.4, -0.2) is 15.1 Å². The van der Waals surface area contributed by atoms with Crippen LogP contribution in [0.2, 0.25) is 0 Å². The minimum atomic E-state index is 0.288. The molecule has 0 saturated heterocycles. The van der Waals surface area contributed by atoms with Crippen molar-refractivity contribution in [3.8, 4) is 11.4 Å². The molecule has 2 heterocycles. The lowest BCUT2D eigenvalue weighted by Gasteiger charge is -2.09. The number of nitrogens with two attached hydrogens (primary N) is 1. The number of nitrogen functional groups attached to an aromatic ring is 1. The Labute approximate surface area is 122 Å². The summed E-state index contributed by atoms with van der Waals surface area (Å²) < 4.78 is 5.33. The molecule has 0 spiro atoms. The Morgan fingerprint density at radius 2 is 1.81 bits per heavy atom. The van der Waals surface area contributed by atoms with Gasteiger partial charge in [-0.3, -0.25) is 4.98 Å². The highest BCUT2D eigenvalue weighted by Crippen LogP contribution is 2.22. The van der Waals surface area contributed by atoms with E-state index in [0.717, 1.165) is 11.3 Å². The molecular weight excluding hydrogens is 264 g/mol. The molecule has 5 heteroatoms. The predicted octanol–water partition coefficient (Wildman–Crippen LogP) is 3.06. The van der Waals surface area contributed by atoms with Gasteiger partial charge in [-0.05, 0) is 35.7 Å².